The first-order chi connectivity index (χ1) is 25.7. The van der Waals surface area contributed by atoms with Crippen molar-refractivity contribution in [2.45, 2.75) is 102 Å². The Labute approximate surface area is 310 Å². The Hall–Kier alpha value is -5.46. The maximum absolute atomic E-state index is 13.1. The Morgan fingerprint density at radius 3 is 2.28 bits per heavy atom. The number of benzene rings is 2. The minimum absolute atomic E-state index is 0.0791. The van der Waals surface area contributed by atoms with Crippen molar-refractivity contribution in [1.82, 2.24) is 25.7 Å². The van der Waals surface area contributed by atoms with E-state index in [4.69, 9.17) is 5.73 Å². The molecule has 0 spiro atoms. The largest absolute Gasteiger partial charge is 0.507 e. The van der Waals surface area contributed by atoms with Crippen molar-refractivity contribution in [3.05, 3.63) is 71.9 Å². The molecule has 1 aromatic heterocycles. The summed E-state index contributed by atoms with van der Waals surface area (Å²) in [5.74, 6) is 0.0958. The molecule has 2 aromatic carbocycles. The minimum Gasteiger partial charge on any atom is -0.507 e. The van der Waals surface area contributed by atoms with Gasteiger partial charge in [-0.2, -0.15) is 0 Å². The summed E-state index contributed by atoms with van der Waals surface area (Å²) >= 11 is 0. The van der Waals surface area contributed by atoms with Crippen molar-refractivity contribution in [2.24, 2.45) is 0 Å². The Bertz CT molecular complexity index is 1840. The Balaban J connectivity index is 0.818. The van der Waals surface area contributed by atoms with Crippen LogP contribution in [0.4, 0.5) is 17.2 Å². The van der Waals surface area contributed by atoms with Gasteiger partial charge in [-0.25, -0.2) is 0 Å². The highest BCUT2D eigenvalue weighted by atomic mass is 16.3. The van der Waals surface area contributed by atoms with Crippen molar-refractivity contribution < 1.29 is 24.3 Å². The molecule has 6 N–H and O–H groups in total. The molecular formula is C40H50N8O5. The van der Waals surface area contributed by atoms with Gasteiger partial charge >= 0.3 is 0 Å². The number of aromatic hydroxyl groups is 1. The number of hydrogen-bond donors (Lipinski definition) is 5. The predicted octanol–water partition coefficient (Wildman–Crippen LogP) is 5.41. The molecule has 3 aromatic rings. The number of unbranched alkanes of at least 4 members (excludes halogenated alkanes) is 6. The summed E-state index contributed by atoms with van der Waals surface area (Å²) in [5, 5.41) is 27.5. The standard InChI is InChI=1S/C40H50N8O5/c1-26-18-19-33(39(52)42-26)48-25-30-28(40(48)53)13-11-14-31(30)44-37(51)17-8-6-4-2-3-5-7-16-36(50)43-27-20-22-47(23-21-27)34-24-32(45-46-38(34)41)29-12-9-10-15-35(29)49/h9-15,24,27,33,49H,1-8,16-23,25H2,(H2,41,46)(H,42,52)(H,43,50)(H,44,51). The zero-order chi connectivity index (χ0) is 37.3. The Morgan fingerprint density at radius 1 is 0.887 bits per heavy atom. The van der Waals surface area contributed by atoms with Gasteiger partial charge in [0.05, 0.1) is 11.4 Å². The second-order valence-electron chi connectivity index (χ2n) is 14.3. The summed E-state index contributed by atoms with van der Waals surface area (Å²) < 4.78 is 0. The highest BCUT2D eigenvalue weighted by molar-refractivity contribution is 6.04. The van der Waals surface area contributed by atoms with Gasteiger partial charge < -0.3 is 36.6 Å². The number of phenols is 1. The minimum atomic E-state index is -0.540. The number of rotatable bonds is 15. The lowest BCUT2D eigenvalue weighted by Crippen LogP contribution is -2.49. The van der Waals surface area contributed by atoms with Crippen molar-refractivity contribution in [2.75, 3.05) is 29.0 Å². The van der Waals surface area contributed by atoms with E-state index in [9.17, 15) is 24.3 Å². The number of anilines is 3. The van der Waals surface area contributed by atoms with Gasteiger partial charge in [0.15, 0.2) is 5.82 Å². The van der Waals surface area contributed by atoms with Crippen LogP contribution in [0.2, 0.25) is 0 Å². The lowest BCUT2D eigenvalue weighted by Gasteiger charge is -2.34. The van der Waals surface area contributed by atoms with Crippen molar-refractivity contribution >= 4 is 40.8 Å². The van der Waals surface area contributed by atoms with Crippen LogP contribution < -0.4 is 26.6 Å². The van der Waals surface area contributed by atoms with Crippen LogP contribution in [-0.2, 0) is 20.9 Å². The number of nitrogens with zero attached hydrogens (tertiary/aromatic N) is 4. The van der Waals surface area contributed by atoms with Gasteiger partial charge in [-0.15, -0.1) is 10.2 Å². The molecule has 0 aliphatic carbocycles. The normalized spacial score (nSPS) is 17.4. The fourth-order valence-electron chi connectivity index (χ4n) is 7.48. The number of allylic oxidation sites excluding steroid dienone is 1. The molecule has 4 heterocycles. The summed E-state index contributed by atoms with van der Waals surface area (Å²) in [7, 11) is 0. The van der Waals surface area contributed by atoms with E-state index in [1.807, 2.05) is 18.2 Å². The van der Waals surface area contributed by atoms with E-state index in [0.29, 0.717) is 66.3 Å². The molecule has 2 fully saturated rings. The lowest BCUT2D eigenvalue weighted by molar-refractivity contribution is -0.126. The average molecular weight is 723 g/mol. The van der Waals surface area contributed by atoms with E-state index >= 15 is 0 Å². The van der Waals surface area contributed by atoms with Crippen molar-refractivity contribution in [3.63, 3.8) is 0 Å². The lowest BCUT2D eigenvalue weighted by atomic mass is 10.0. The van der Waals surface area contributed by atoms with Crippen LogP contribution in [0.25, 0.3) is 11.3 Å². The first kappa shape index (κ1) is 37.3. The van der Waals surface area contributed by atoms with Gasteiger partial charge in [0.1, 0.15) is 11.8 Å². The number of phenolic OH excluding ortho intramolecular Hbond substituents is 1. The molecule has 1 unspecified atom stereocenters. The highest BCUT2D eigenvalue weighted by Gasteiger charge is 2.39. The van der Waals surface area contributed by atoms with Gasteiger partial charge in [0.25, 0.3) is 5.91 Å². The number of nitrogen functional groups attached to an aromatic ring is 1. The summed E-state index contributed by atoms with van der Waals surface area (Å²) in [6.45, 7) is 5.57. The number of piperidine rings is 2. The van der Waals surface area contributed by atoms with Gasteiger partial charge in [0, 0.05) is 66.6 Å². The number of carbonyl (C=O) groups excluding carboxylic acids is 4. The molecule has 280 valence electrons. The fraction of sp³-hybridized carbons (Fsp3) is 0.450. The molecule has 0 saturated carbocycles. The molecule has 6 rings (SSSR count). The maximum Gasteiger partial charge on any atom is 0.255 e. The van der Waals surface area contributed by atoms with E-state index in [0.717, 1.165) is 82.1 Å². The molecule has 2 saturated heterocycles. The molecule has 0 bridgehead atoms. The van der Waals surface area contributed by atoms with E-state index in [1.54, 1.807) is 35.2 Å². The summed E-state index contributed by atoms with van der Waals surface area (Å²) in [6.07, 6.45) is 10.4. The van der Waals surface area contributed by atoms with Crippen molar-refractivity contribution in [3.8, 4) is 17.0 Å². The number of amides is 4. The SMILES string of the molecule is C=C1CCC(N2Cc3c(NC(=O)CCCCCCCCCC(=O)NC4CCN(c5cc(-c6ccccc6O)nnc5N)CC4)cccc3C2=O)C(=O)N1. The first-order valence-corrected chi connectivity index (χ1v) is 18.8. The number of hydrogen-bond acceptors (Lipinski definition) is 9. The molecular weight excluding hydrogens is 672 g/mol. The van der Waals surface area contributed by atoms with Gasteiger partial charge in [-0.1, -0.05) is 56.9 Å². The first-order valence-electron chi connectivity index (χ1n) is 18.8. The third-order valence-corrected chi connectivity index (χ3v) is 10.5. The molecule has 13 heteroatoms. The molecule has 0 radical (unpaired) electrons. The smallest absolute Gasteiger partial charge is 0.255 e. The highest BCUT2D eigenvalue weighted by Crippen LogP contribution is 2.34. The summed E-state index contributed by atoms with van der Waals surface area (Å²) in [5.41, 5.74) is 10.7. The van der Waals surface area contributed by atoms with E-state index in [2.05, 4.69) is 37.6 Å². The fourth-order valence-corrected chi connectivity index (χ4v) is 7.48. The third kappa shape index (κ3) is 9.32. The van der Waals surface area contributed by atoms with Crippen LogP contribution in [0.5, 0.6) is 5.75 Å². The average Bonchev–Trinajstić information content (AvgIpc) is 3.48. The Kier molecular flexibility index (Phi) is 12.2. The molecule has 3 aliphatic rings. The monoisotopic (exact) mass is 722 g/mol. The number of fused-ring (bicyclic) bond motifs is 1. The van der Waals surface area contributed by atoms with E-state index in [-0.39, 0.29) is 35.4 Å². The number of nitrogens with one attached hydrogen (secondary N) is 3. The number of para-hydroxylation sites is 1. The summed E-state index contributed by atoms with van der Waals surface area (Å²) in [4.78, 5) is 54.8. The topological polar surface area (TPSA) is 183 Å². The van der Waals surface area contributed by atoms with Gasteiger partial charge in [0.2, 0.25) is 17.7 Å². The van der Waals surface area contributed by atoms with Gasteiger partial charge in [-0.05, 0) is 68.9 Å². The zero-order valence-corrected chi connectivity index (χ0v) is 30.2. The molecule has 53 heavy (non-hydrogen) atoms. The van der Waals surface area contributed by atoms with Gasteiger partial charge in [-0.3, -0.25) is 19.2 Å². The number of nitrogens with two attached hydrogens (primary N) is 1. The predicted molar refractivity (Wildman–Crippen MR) is 204 cm³/mol. The Morgan fingerprint density at radius 2 is 1.57 bits per heavy atom. The molecule has 1 atom stereocenters. The molecule has 3 aliphatic heterocycles. The van der Waals surface area contributed by atoms with Crippen LogP contribution in [-0.4, -0.2) is 69.0 Å². The number of carbonyl (C=O) groups is 4. The second-order valence-corrected chi connectivity index (χ2v) is 14.3. The summed E-state index contributed by atoms with van der Waals surface area (Å²) in [6, 6.07) is 13.8. The zero-order valence-electron chi connectivity index (χ0n) is 30.2. The van der Waals surface area contributed by atoms with E-state index < -0.39 is 6.04 Å². The molecule has 13 nitrogen and oxygen atoms in total. The second kappa shape index (κ2) is 17.4. The maximum atomic E-state index is 13.1. The van der Waals surface area contributed by atoms with Crippen molar-refractivity contribution in [1.29, 1.82) is 0 Å². The quantitative estimate of drug-likeness (QED) is 0.128. The molecule has 4 amide bonds. The van der Waals surface area contributed by atoms with E-state index in [1.165, 1.54) is 0 Å². The van der Waals surface area contributed by atoms with Crippen LogP contribution in [0, 0.1) is 0 Å². The van der Waals surface area contributed by atoms with Crippen LogP contribution in [0.3, 0.4) is 0 Å². The van der Waals surface area contributed by atoms with Crippen LogP contribution in [0.15, 0.2) is 60.8 Å². The third-order valence-electron chi connectivity index (χ3n) is 10.5. The van der Waals surface area contributed by atoms with Crippen LogP contribution in [0.1, 0.15) is 99.4 Å². The number of aromatic nitrogens is 2. The van der Waals surface area contributed by atoms with Crippen LogP contribution >= 0.6 is 0 Å².